The molecule has 0 saturated heterocycles. The molecule has 4 aromatic rings. The van der Waals surface area contributed by atoms with Gasteiger partial charge in [0.05, 0.1) is 6.20 Å². The molecular formula is C19H18N8O2. The lowest BCUT2D eigenvalue weighted by Crippen LogP contribution is -2.23. The van der Waals surface area contributed by atoms with Crippen molar-refractivity contribution in [3.8, 4) is 11.4 Å². The number of pyridine rings is 1. The number of carbonyl (C=O) groups excluding carboxylic acids is 1. The number of aryl methyl sites for hydroxylation is 2. The number of amides is 1. The number of rotatable bonds is 6. The van der Waals surface area contributed by atoms with Crippen LogP contribution in [0.3, 0.4) is 0 Å². The summed E-state index contributed by atoms with van der Waals surface area (Å²) in [4.78, 5) is 29.3. The maximum atomic E-state index is 12.3. The first kappa shape index (κ1) is 18.3. The van der Waals surface area contributed by atoms with Crippen LogP contribution in [0.5, 0.6) is 0 Å². The maximum absolute atomic E-state index is 12.3. The highest BCUT2D eigenvalue weighted by Gasteiger charge is 2.17. The van der Waals surface area contributed by atoms with Gasteiger partial charge in [-0.15, -0.1) is 0 Å². The van der Waals surface area contributed by atoms with Gasteiger partial charge in [0, 0.05) is 38.2 Å². The molecule has 0 bridgehead atoms. The van der Waals surface area contributed by atoms with Gasteiger partial charge in [-0.2, -0.15) is 5.10 Å². The van der Waals surface area contributed by atoms with Crippen molar-refractivity contribution in [2.45, 2.75) is 13.5 Å². The molecule has 4 heterocycles. The van der Waals surface area contributed by atoms with Gasteiger partial charge in [-0.05, 0) is 30.2 Å². The van der Waals surface area contributed by atoms with Crippen molar-refractivity contribution in [2.75, 3.05) is 5.32 Å². The Balaban J connectivity index is 1.50. The molecule has 0 fully saturated rings. The van der Waals surface area contributed by atoms with Crippen molar-refractivity contribution in [1.29, 1.82) is 0 Å². The average Bonchev–Trinajstić information content (AvgIpc) is 3.38. The zero-order valence-electron chi connectivity index (χ0n) is 15.8. The van der Waals surface area contributed by atoms with E-state index in [4.69, 9.17) is 4.42 Å². The minimum atomic E-state index is -0.409. The quantitative estimate of drug-likeness (QED) is 0.514. The number of oxazole rings is 1. The van der Waals surface area contributed by atoms with Crippen LogP contribution < -0.4 is 10.6 Å². The summed E-state index contributed by atoms with van der Waals surface area (Å²) in [7, 11) is 1.81. The zero-order chi connectivity index (χ0) is 20.2. The summed E-state index contributed by atoms with van der Waals surface area (Å²) in [5.74, 6) is 0.693. The van der Waals surface area contributed by atoms with Crippen LogP contribution in [0.2, 0.25) is 0 Å². The van der Waals surface area contributed by atoms with E-state index in [0.29, 0.717) is 23.9 Å². The van der Waals surface area contributed by atoms with E-state index >= 15 is 0 Å². The molecule has 1 amide bonds. The smallest absolute Gasteiger partial charge is 0.307 e. The van der Waals surface area contributed by atoms with E-state index in [9.17, 15) is 4.79 Å². The number of aromatic nitrogens is 6. The summed E-state index contributed by atoms with van der Waals surface area (Å²) >= 11 is 0. The Morgan fingerprint density at radius 1 is 1.17 bits per heavy atom. The van der Waals surface area contributed by atoms with Gasteiger partial charge in [-0.1, -0.05) is 0 Å². The Morgan fingerprint density at radius 2 is 2.00 bits per heavy atom. The zero-order valence-corrected chi connectivity index (χ0v) is 15.8. The highest BCUT2D eigenvalue weighted by Crippen LogP contribution is 2.22. The number of nitrogens with zero attached hydrogens (tertiary/aromatic N) is 6. The normalized spacial score (nSPS) is 10.7. The fraction of sp³-hybridized carbons (Fsp3) is 0.158. The van der Waals surface area contributed by atoms with Gasteiger partial charge in [0.1, 0.15) is 23.5 Å². The molecule has 29 heavy (non-hydrogen) atoms. The van der Waals surface area contributed by atoms with Crippen molar-refractivity contribution < 1.29 is 9.21 Å². The standard InChI is InChI=1S/C19H18N8O2/c1-12-9-22-19(25-15-5-8-23-27(15)2)26-16(12)14-11-29-18(24-14)17(28)21-10-13-3-6-20-7-4-13/h3-9,11H,10H2,1-2H3,(H,21,28)(H,22,25,26). The summed E-state index contributed by atoms with van der Waals surface area (Å²) in [6.07, 6.45) is 8.09. The second-order valence-corrected chi connectivity index (χ2v) is 6.27. The van der Waals surface area contributed by atoms with Crippen molar-refractivity contribution in [3.63, 3.8) is 0 Å². The topological polar surface area (TPSA) is 124 Å². The maximum Gasteiger partial charge on any atom is 0.307 e. The Labute approximate surface area is 166 Å². The van der Waals surface area contributed by atoms with Gasteiger partial charge in [0.15, 0.2) is 0 Å². The van der Waals surface area contributed by atoms with Crippen LogP contribution in [0, 0.1) is 6.92 Å². The molecule has 4 aromatic heterocycles. The van der Waals surface area contributed by atoms with Crippen LogP contribution in [0.4, 0.5) is 11.8 Å². The molecule has 0 aliphatic carbocycles. The third kappa shape index (κ3) is 4.10. The van der Waals surface area contributed by atoms with E-state index in [0.717, 1.165) is 16.9 Å². The monoisotopic (exact) mass is 390 g/mol. The molecular weight excluding hydrogens is 372 g/mol. The first-order chi connectivity index (χ1) is 14.1. The lowest BCUT2D eigenvalue weighted by Gasteiger charge is -2.07. The third-order valence-electron chi connectivity index (χ3n) is 4.18. The Hall–Kier alpha value is -4.08. The molecule has 146 valence electrons. The molecule has 0 unspecified atom stereocenters. The molecule has 0 spiro atoms. The minimum absolute atomic E-state index is 0.0341. The van der Waals surface area contributed by atoms with Crippen LogP contribution in [0.25, 0.3) is 11.4 Å². The molecule has 0 aromatic carbocycles. The van der Waals surface area contributed by atoms with E-state index in [2.05, 4.69) is 35.7 Å². The summed E-state index contributed by atoms with van der Waals surface area (Å²) in [5.41, 5.74) is 2.75. The molecule has 0 atom stereocenters. The molecule has 10 nitrogen and oxygen atoms in total. The van der Waals surface area contributed by atoms with Crippen LogP contribution in [-0.4, -0.2) is 35.6 Å². The predicted octanol–water partition coefficient (Wildman–Crippen LogP) is 2.24. The third-order valence-corrected chi connectivity index (χ3v) is 4.18. The van der Waals surface area contributed by atoms with Gasteiger partial charge >= 0.3 is 5.91 Å². The largest absolute Gasteiger partial charge is 0.440 e. The fourth-order valence-electron chi connectivity index (χ4n) is 2.62. The molecule has 0 aliphatic heterocycles. The second kappa shape index (κ2) is 7.89. The van der Waals surface area contributed by atoms with Crippen LogP contribution in [-0.2, 0) is 13.6 Å². The van der Waals surface area contributed by atoms with E-state index in [1.807, 2.05) is 32.2 Å². The second-order valence-electron chi connectivity index (χ2n) is 6.27. The number of carbonyl (C=O) groups is 1. The van der Waals surface area contributed by atoms with Crippen LogP contribution in [0.1, 0.15) is 21.8 Å². The molecule has 2 N–H and O–H groups in total. The minimum Gasteiger partial charge on any atom is -0.440 e. The Morgan fingerprint density at radius 3 is 2.76 bits per heavy atom. The average molecular weight is 390 g/mol. The summed E-state index contributed by atoms with van der Waals surface area (Å²) in [5, 5.41) is 9.95. The highest BCUT2D eigenvalue weighted by molar-refractivity contribution is 5.90. The predicted molar refractivity (Wildman–Crippen MR) is 104 cm³/mol. The number of hydrogen-bond acceptors (Lipinski definition) is 8. The first-order valence-corrected chi connectivity index (χ1v) is 8.82. The molecule has 0 radical (unpaired) electrons. The van der Waals surface area contributed by atoms with Gasteiger partial charge < -0.3 is 15.1 Å². The van der Waals surface area contributed by atoms with E-state index < -0.39 is 5.91 Å². The molecule has 0 saturated carbocycles. The Kier molecular flexibility index (Phi) is 4.97. The number of nitrogens with one attached hydrogen (secondary N) is 2. The van der Waals surface area contributed by atoms with Gasteiger partial charge in [-0.25, -0.2) is 15.0 Å². The van der Waals surface area contributed by atoms with Crippen molar-refractivity contribution in [2.24, 2.45) is 7.05 Å². The van der Waals surface area contributed by atoms with Crippen molar-refractivity contribution in [3.05, 3.63) is 66.3 Å². The summed E-state index contributed by atoms with van der Waals surface area (Å²) < 4.78 is 7.03. The van der Waals surface area contributed by atoms with Gasteiger partial charge in [-0.3, -0.25) is 14.5 Å². The van der Waals surface area contributed by atoms with Crippen LogP contribution in [0.15, 0.2) is 53.7 Å². The van der Waals surface area contributed by atoms with E-state index in [1.165, 1.54) is 6.26 Å². The number of anilines is 2. The lowest BCUT2D eigenvalue weighted by atomic mass is 10.2. The van der Waals surface area contributed by atoms with Gasteiger partial charge in [0.2, 0.25) is 5.95 Å². The van der Waals surface area contributed by atoms with Crippen molar-refractivity contribution >= 4 is 17.7 Å². The molecule has 4 rings (SSSR count). The fourth-order valence-corrected chi connectivity index (χ4v) is 2.62. The Bertz CT molecular complexity index is 1140. The lowest BCUT2D eigenvalue weighted by molar-refractivity contribution is 0.0916. The summed E-state index contributed by atoms with van der Waals surface area (Å²) in [6, 6.07) is 5.45. The molecule has 0 aliphatic rings. The molecule has 10 heteroatoms. The van der Waals surface area contributed by atoms with E-state index in [1.54, 1.807) is 29.5 Å². The van der Waals surface area contributed by atoms with Crippen molar-refractivity contribution in [1.82, 2.24) is 35.0 Å². The van der Waals surface area contributed by atoms with E-state index in [-0.39, 0.29) is 5.89 Å². The highest BCUT2D eigenvalue weighted by atomic mass is 16.4. The van der Waals surface area contributed by atoms with Crippen LogP contribution >= 0.6 is 0 Å². The first-order valence-electron chi connectivity index (χ1n) is 8.82. The van der Waals surface area contributed by atoms with Gasteiger partial charge in [0.25, 0.3) is 5.89 Å². The number of hydrogen-bond donors (Lipinski definition) is 2. The summed E-state index contributed by atoms with van der Waals surface area (Å²) in [6.45, 7) is 2.21. The SMILES string of the molecule is Cc1cnc(Nc2ccnn2C)nc1-c1coc(C(=O)NCc2ccncc2)n1.